The minimum Gasteiger partial charge on any atom is -0.322 e. The van der Waals surface area contributed by atoms with E-state index in [1.54, 1.807) is 6.07 Å². The van der Waals surface area contributed by atoms with Crippen molar-refractivity contribution in [2.75, 3.05) is 18.9 Å². The zero-order chi connectivity index (χ0) is 16.1. The van der Waals surface area contributed by atoms with Crippen LogP contribution in [0.1, 0.15) is 44.1 Å². The van der Waals surface area contributed by atoms with Gasteiger partial charge in [-0.15, -0.1) is 0 Å². The Morgan fingerprint density at radius 1 is 1.23 bits per heavy atom. The molecule has 1 amide bonds. The second-order valence-corrected chi connectivity index (χ2v) is 6.95. The van der Waals surface area contributed by atoms with Crippen LogP contribution in [0.15, 0.2) is 12.1 Å². The monoisotopic (exact) mass is 342 g/mol. The number of carbonyl (C=O) groups is 1. The maximum Gasteiger partial charge on any atom is 0.238 e. The minimum absolute atomic E-state index is 0.0684. The largest absolute Gasteiger partial charge is 0.322 e. The summed E-state index contributed by atoms with van der Waals surface area (Å²) in [7, 11) is 2.02. The van der Waals surface area contributed by atoms with Crippen LogP contribution in [0, 0.1) is 6.92 Å². The maximum atomic E-state index is 12.3. The van der Waals surface area contributed by atoms with Crippen molar-refractivity contribution in [1.29, 1.82) is 0 Å². The Hall–Kier alpha value is -0.770. The van der Waals surface area contributed by atoms with Crippen LogP contribution < -0.4 is 5.32 Å². The number of hydrogen-bond acceptors (Lipinski definition) is 2. The van der Waals surface area contributed by atoms with Crippen LogP contribution in [0.25, 0.3) is 0 Å². The molecule has 22 heavy (non-hydrogen) atoms. The van der Waals surface area contributed by atoms with Crippen molar-refractivity contribution >= 4 is 34.8 Å². The maximum absolute atomic E-state index is 12.3. The third kappa shape index (κ3) is 4.61. The van der Waals surface area contributed by atoms with Gasteiger partial charge in [-0.25, -0.2) is 0 Å². The molecule has 0 aliphatic heterocycles. The Morgan fingerprint density at radius 3 is 2.50 bits per heavy atom. The first-order valence-electron chi connectivity index (χ1n) is 7.93. The van der Waals surface area contributed by atoms with Gasteiger partial charge in [-0.3, -0.25) is 9.69 Å². The molecule has 0 unspecified atom stereocenters. The number of nitrogens with one attached hydrogen (secondary N) is 1. The fraction of sp³-hybridized carbons (Fsp3) is 0.588. The van der Waals surface area contributed by atoms with Crippen molar-refractivity contribution in [2.45, 2.75) is 51.5 Å². The van der Waals surface area contributed by atoms with E-state index in [0.717, 1.165) is 5.56 Å². The molecule has 0 aromatic heterocycles. The Balaban J connectivity index is 1.96. The van der Waals surface area contributed by atoms with E-state index in [1.807, 2.05) is 20.0 Å². The molecule has 1 aliphatic carbocycles. The quantitative estimate of drug-likeness (QED) is 0.789. The second-order valence-electron chi connectivity index (χ2n) is 6.16. The van der Waals surface area contributed by atoms with Crippen LogP contribution in [-0.4, -0.2) is 30.4 Å². The average Bonchev–Trinajstić information content (AvgIpc) is 2.77. The smallest absolute Gasteiger partial charge is 0.238 e. The van der Waals surface area contributed by atoms with Crippen molar-refractivity contribution in [2.24, 2.45) is 0 Å². The minimum atomic E-state index is -0.0684. The molecular weight excluding hydrogens is 319 g/mol. The van der Waals surface area contributed by atoms with E-state index >= 15 is 0 Å². The lowest BCUT2D eigenvalue weighted by molar-refractivity contribution is -0.117. The predicted octanol–water partition coefficient (Wildman–Crippen LogP) is 4.89. The van der Waals surface area contributed by atoms with Gasteiger partial charge in [-0.1, -0.05) is 55.0 Å². The molecule has 1 N–H and O–H groups in total. The highest BCUT2D eigenvalue weighted by atomic mass is 35.5. The number of amides is 1. The van der Waals surface area contributed by atoms with E-state index in [4.69, 9.17) is 23.2 Å². The first kappa shape index (κ1) is 17.6. The molecule has 0 radical (unpaired) electrons. The Labute approximate surface area is 143 Å². The fourth-order valence-corrected chi connectivity index (χ4v) is 3.47. The SMILES string of the molecule is Cc1ccc(Cl)c(NC(=O)CN(C)C2CCCCCC2)c1Cl. The van der Waals surface area contributed by atoms with Crippen LogP contribution in [-0.2, 0) is 4.79 Å². The van der Waals surface area contributed by atoms with Gasteiger partial charge in [0.05, 0.1) is 22.3 Å². The van der Waals surface area contributed by atoms with E-state index in [0.29, 0.717) is 28.3 Å². The lowest BCUT2D eigenvalue weighted by atomic mass is 10.1. The molecule has 0 saturated heterocycles. The van der Waals surface area contributed by atoms with E-state index in [1.165, 1.54) is 38.5 Å². The molecule has 0 spiro atoms. The molecule has 1 aromatic rings. The van der Waals surface area contributed by atoms with Crippen LogP contribution in [0.4, 0.5) is 5.69 Å². The second kappa shape index (κ2) is 8.19. The van der Waals surface area contributed by atoms with Gasteiger partial charge in [0.2, 0.25) is 5.91 Å². The number of hydrogen-bond donors (Lipinski definition) is 1. The number of halogens is 2. The number of nitrogens with zero attached hydrogens (tertiary/aromatic N) is 1. The van der Waals surface area contributed by atoms with Gasteiger partial charge in [0.25, 0.3) is 0 Å². The highest BCUT2D eigenvalue weighted by Crippen LogP contribution is 2.32. The van der Waals surface area contributed by atoms with Crippen LogP contribution >= 0.6 is 23.2 Å². The highest BCUT2D eigenvalue weighted by molar-refractivity contribution is 6.40. The number of anilines is 1. The highest BCUT2D eigenvalue weighted by Gasteiger charge is 2.20. The molecule has 1 aromatic carbocycles. The summed E-state index contributed by atoms with van der Waals surface area (Å²) in [5, 5.41) is 3.85. The lowest BCUT2D eigenvalue weighted by Gasteiger charge is -2.26. The average molecular weight is 343 g/mol. The van der Waals surface area contributed by atoms with Crippen molar-refractivity contribution < 1.29 is 4.79 Å². The van der Waals surface area contributed by atoms with E-state index in [2.05, 4.69) is 10.2 Å². The van der Waals surface area contributed by atoms with E-state index in [-0.39, 0.29) is 5.91 Å². The molecule has 1 fully saturated rings. The van der Waals surface area contributed by atoms with Gasteiger partial charge in [0, 0.05) is 6.04 Å². The number of rotatable bonds is 4. The van der Waals surface area contributed by atoms with Crippen LogP contribution in [0.3, 0.4) is 0 Å². The molecule has 0 heterocycles. The Kier molecular flexibility index (Phi) is 6.54. The Morgan fingerprint density at radius 2 is 1.86 bits per heavy atom. The normalized spacial score (nSPS) is 16.6. The van der Waals surface area contributed by atoms with Gasteiger partial charge in [-0.05, 0) is 38.4 Å². The third-order valence-corrected chi connectivity index (χ3v) is 5.19. The standard InChI is InChI=1S/C17H24Cl2N2O/c1-12-9-10-14(18)17(16(12)19)20-15(22)11-21(2)13-7-5-3-4-6-8-13/h9-10,13H,3-8,11H2,1-2H3,(H,20,22). The summed E-state index contributed by atoms with van der Waals surface area (Å²) in [6, 6.07) is 4.10. The zero-order valence-corrected chi connectivity index (χ0v) is 14.8. The zero-order valence-electron chi connectivity index (χ0n) is 13.3. The van der Waals surface area contributed by atoms with E-state index in [9.17, 15) is 4.79 Å². The number of benzene rings is 1. The van der Waals surface area contributed by atoms with Crippen molar-refractivity contribution in [3.05, 3.63) is 27.7 Å². The van der Waals surface area contributed by atoms with Gasteiger partial charge in [-0.2, -0.15) is 0 Å². The molecule has 1 aliphatic rings. The molecule has 3 nitrogen and oxygen atoms in total. The van der Waals surface area contributed by atoms with Crippen molar-refractivity contribution in [1.82, 2.24) is 4.90 Å². The van der Waals surface area contributed by atoms with Crippen LogP contribution in [0.2, 0.25) is 10.0 Å². The van der Waals surface area contributed by atoms with E-state index < -0.39 is 0 Å². The number of likely N-dealkylation sites (N-methyl/N-ethyl adjacent to an activating group) is 1. The first-order valence-corrected chi connectivity index (χ1v) is 8.69. The molecular formula is C17H24Cl2N2O. The summed E-state index contributed by atoms with van der Waals surface area (Å²) in [5.41, 5.74) is 1.42. The lowest BCUT2D eigenvalue weighted by Crippen LogP contribution is -2.37. The summed E-state index contributed by atoms with van der Waals surface area (Å²) in [6.45, 7) is 2.26. The number of aryl methyl sites for hydroxylation is 1. The summed E-state index contributed by atoms with van der Waals surface area (Å²) in [4.78, 5) is 14.4. The molecule has 0 bridgehead atoms. The number of carbonyl (C=O) groups excluding carboxylic acids is 1. The predicted molar refractivity (Wildman–Crippen MR) is 93.9 cm³/mol. The van der Waals surface area contributed by atoms with Crippen molar-refractivity contribution in [3.63, 3.8) is 0 Å². The fourth-order valence-electron chi connectivity index (χ4n) is 3.00. The summed E-state index contributed by atoms with van der Waals surface area (Å²) < 4.78 is 0. The molecule has 122 valence electrons. The molecule has 2 rings (SSSR count). The molecule has 5 heteroatoms. The summed E-state index contributed by atoms with van der Waals surface area (Å²) >= 11 is 12.4. The van der Waals surface area contributed by atoms with Gasteiger partial charge < -0.3 is 5.32 Å². The van der Waals surface area contributed by atoms with Gasteiger partial charge >= 0.3 is 0 Å². The van der Waals surface area contributed by atoms with Gasteiger partial charge in [0.15, 0.2) is 0 Å². The van der Waals surface area contributed by atoms with Crippen LogP contribution in [0.5, 0.6) is 0 Å². The first-order chi connectivity index (χ1) is 10.5. The molecule has 0 atom stereocenters. The summed E-state index contributed by atoms with van der Waals surface area (Å²) in [5.74, 6) is -0.0684. The summed E-state index contributed by atoms with van der Waals surface area (Å²) in [6.07, 6.45) is 7.49. The van der Waals surface area contributed by atoms with Crippen molar-refractivity contribution in [3.8, 4) is 0 Å². The van der Waals surface area contributed by atoms with Gasteiger partial charge in [0.1, 0.15) is 0 Å². The molecule has 1 saturated carbocycles. The Bertz CT molecular complexity index is 526. The third-order valence-electron chi connectivity index (χ3n) is 4.39. The topological polar surface area (TPSA) is 32.3 Å².